The van der Waals surface area contributed by atoms with Crippen LogP contribution in [0.3, 0.4) is 0 Å². The lowest BCUT2D eigenvalue weighted by molar-refractivity contribution is 0.0689. The molecule has 0 saturated carbocycles. The average molecular weight is 198 g/mol. The number of aliphatic hydroxyl groups excluding tert-OH is 1. The predicted molar refractivity (Wildman–Crippen MR) is 47.5 cm³/mol. The Bertz CT molecular complexity index is 358. The Morgan fingerprint density at radius 2 is 2.14 bits per heavy atom. The number of carboxylic acids is 1. The third kappa shape index (κ3) is 1.62. The first kappa shape index (κ1) is 10.3. The van der Waals surface area contributed by atoms with Gasteiger partial charge in [-0.05, 0) is 12.1 Å². The molecule has 0 atom stereocenters. The van der Waals surface area contributed by atoms with Gasteiger partial charge in [0.05, 0.1) is 13.7 Å². The van der Waals surface area contributed by atoms with Crippen LogP contribution < -0.4 is 4.74 Å². The van der Waals surface area contributed by atoms with Crippen molar-refractivity contribution in [2.75, 3.05) is 7.11 Å². The molecule has 0 heterocycles. The fraction of sp³-hybridized carbons (Fsp3) is 0.222. The fourth-order valence-corrected chi connectivity index (χ4v) is 1.20. The summed E-state index contributed by atoms with van der Waals surface area (Å²) < 4.78 is 4.85. The molecule has 5 nitrogen and oxygen atoms in total. The molecule has 0 spiro atoms. The molecule has 0 unspecified atom stereocenters. The van der Waals surface area contributed by atoms with Gasteiger partial charge < -0.3 is 20.1 Å². The molecule has 0 aliphatic rings. The largest absolute Gasteiger partial charge is 0.507 e. The first-order valence-electron chi connectivity index (χ1n) is 3.84. The molecule has 5 heteroatoms. The Morgan fingerprint density at radius 3 is 2.57 bits per heavy atom. The highest BCUT2D eigenvalue weighted by atomic mass is 16.5. The van der Waals surface area contributed by atoms with Gasteiger partial charge in [-0.25, -0.2) is 4.79 Å². The van der Waals surface area contributed by atoms with Crippen LogP contribution in [-0.4, -0.2) is 28.4 Å². The maximum absolute atomic E-state index is 10.7. The minimum atomic E-state index is -1.30. The van der Waals surface area contributed by atoms with Crippen LogP contribution in [0.1, 0.15) is 15.9 Å². The van der Waals surface area contributed by atoms with Gasteiger partial charge in [0.1, 0.15) is 17.1 Å². The zero-order valence-corrected chi connectivity index (χ0v) is 7.52. The molecule has 0 bridgehead atoms. The van der Waals surface area contributed by atoms with Crippen LogP contribution in [0.25, 0.3) is 0 Å². The number of aromatic carboxylic acids is 1. The van der Waals surface area contributed by atoms with Gasteiger partial charge in [-0.3, -0.25) is 0 Å². The summed E-state index contributed by atoms with van der Waals surface area (Å²) in [7, 11) is 1.36. The molecule has 3 N–H and O–H groups in total. The number of aromatic hydroxyl groups is 1. The number of carboxylic acid groups (broad SMARTS) is 1. The average Bonchev–Trinajstić information content (AvgIpc) is 2.16. The van der Waals surface area contributed by atoms with Crippen molar-refractivity contribution in [3.8, 4) is 11.5 Å². The van der Waals surface area contributed by atoms with E-state index in [1.165, 1.54) is 19.2 Å². The third-order valence-corrected chi connectivity index (χ3v) is 1.84. The summed E-state index contributed by atoms with van der Waals surface area (Å²) in [4.78, 5) is 10.7. The molecule has 0 fully saturated rings. The lowest BCUT2D eigenvalue weighted by Gasteiger charge is -2.10. The van der Waals surface area contributed by atoms with Gasteiger partial charge in [-0.15, -0.1) is 0 Å². The van der Waals surface area contributed by atoms with Gasteiger partial charge in [0.25, 0.3) is 0 Å². The van der Waals surface area contributed by atoms with Gasteiger partial charge in [-0.2, -0.15) is 0 Å². The van der Waals surface area contributed by atoms with E-state index < -0.39 is 12.6 Å². The maximum Gasteiger partial charge on any atom is 0.339 e. The zero-order chi connectivity index (χ0) is 10.7. The van der Waals surface area contributed by atoms with Crippen LogP contribution in [0.4, 0.5) is 0 Å². The first-order chi connectivity index (χ1) is 6.61. The predicted octanol–water partition coefficient (Wildman–Crippen LogP) is 0.591. The van der Waals surface area contributed by atoms with Crippen LogP contribution in [0.2, 0.25) is 0 Å². The van der Waals surface area contributed by atoms with Crippen LogP contribution in [0.5, 0.6) is 11.5 Å². The molecule has 14 heavy (non-hydrogen) atoms. The van der Waals surface area contributed by atoms with E-state index in [1.54, 1.807) is 0 Å². The fourth-order valence-electron chi connectivity index (χ4n) is 1.20. The molecule has 76 valence electrons. The van der Waals surface area contributed by atoms with E-state index in [1.807, 2.05) is 0 Å². The van der Waals surface area contributed by atoms with Crippen molar-refractivity contribution in [3.63, 3.8) is 0 Å². The number of rotatable bonds is 3. The molecular formula is C9H10O5. The zero-order valence-electron chi connectivity index (χ0n) is 7.52. The minimum Gasteiger partial charge on any atom is -0.507 e. The smallest absolute Gasteiger partial charge is 0.339 e. The summed E-state index contributed by atoms with van der Waals surface area (Å²) in [6.07, 6.45) is 0. The highest BCUT2D eigenvalue weighted by Crippen LogP contribution is 2.29. The van der Waals surface area contributed by atoms with Gasteiger partial charge in [-0.1, -0.05) is 0 Å². The third-order valence-electron chi connectivity index (χ3n) is 1.84. The maximum atomic E-state index is 10.7. The molecule has 0 aliphatic heterocycles. The number of hydrogen-bond donors (Lipinski definition) is 3. The Hall–Kier alpha value is -1.75. The molecule has 1 aromatic rings. The summed E-state index contributed by atoms with van der Waals surface area (Å²) in [5.74, 6) is -1.45. The van der Waals surface area contributed by atoms with Crippen molar-refractivity contribution in [2.45, 2.75) is 6.61 Å². The normalized spacial score (nSPS) is 9.86. The molecule has 0 saturated heterocycles. The molecule has 0 aromatic heterocycles. The molecule has 1 aromatic carbocycles. The van der Waals surface area contributed by atoms with Gasteiger partial charge >= 0.3 is 5.97 Å². The minimum absolute atomic E-state index is 0.0694. The molecule has 0 amide bonds. The topological polar surface area (TPSA) is 87.0 Å². The van der Waals surface area contributed by atoms with E-state index in [4.69, 9.17) is 14.9 Å². The monoisotopic (exact) mass is 198 g/mol. The summed E-state index contributed by atoms with van der Waals surface area (Å²) in [6.45, 7) is -0.501. The molecule has 0 aliphatic carbocycles. The van der Waals surface area contributed by atoms with Crippen molar-refractivity contribution in [1.29, 1.82) is 0 Å². The van der Waals surface area contributed by atoms with Crippen LogP contribution in [0, 0.1) is 0 Å². The quantitative estimate of drug-likeness (QED) is 0.661. The second-order valence-corrected chi connectivity index (χ2v) is 2.60. The number of aliphatic hydroxyl groups is 1. The Morgan fingerprint density at radius 1 is 1.50 bits per heavy atom. The van der Waals surface area contributed by atoms with Crippen molar-refractivity contribution in [3.05, 3.63) is 23.3 Å². The summed E-state index contributed by atoms with van der Waals surface area (Å²) >= 11 is 0. The number of phenols is 1. The molecule has 0 radical (unpaired) electrons. The van der Waals surface area contributed by atoms with E-state index in [0.717, 1.165) is 0 Å². The van der Waals surface area contributed by atoms with Crippen LogP contribution in [-0.2, 0) is 6.61 Å². The van der Waals surface area contributed by atoms with E-state index in [0.29, 0.717) is 0 Å². The van der Waals surface area contributed by atoms with E-state index in [-0.39, 0.29) is 22.6 Å². The highest BCUT2D eigenvalue weighted by molar-refractivity contribution is 5.93. The van der Waals surface area contributed by atoms with E-state index in [2.05, 4.69) is 0 Å². The Balaban J connectivity index is 3.42. The van der Waals surface area contributed by atoms with Crippen molar-refractivity contribution < 1.29 is 24.9 Å². The van der Waals surface area contributed by atoms with Crippen molar-refractivity contribution >= 4 is 5.97 Å². The Kier molecular flexibility index (Phi) is 2.93. The van der Waals surface area contributed by atoms with Crippen molar-refractivity contribution in [1.82, 2.24) is 0 Å². The van der Waals surface area contributed by atoms with Crippen LogP contribution >= 0.6 is 0 Å². The number of methoxy groups -OCH3 is 1. The number of carbonyl (C=O) groups is 1. The molecular weight excluding hydrogens is 188 g/mol. The highest BCUT2D eigenvalue weighted by Gasteiger charge is 2.18. The summed E-state index contributed by atoms with van der Waals surface area (Å²) in [5, 5.41) is 27.0. The second kappa shape index (κ2) is 3.97. The summed E-state index contributed by atoms with van der Waals surface area (Å²) in [5.41, 5.74) is -0.258. The molecule has 1 rings (SSSR count). The standard InChI is InChI=1S/C9H10O5/c1-14-7-3-2-6(11)8(9(12)13)5(7)4-10/h2-3,10-11H,4H2,1H3,(H,12,13). The Labute approximate surface area is 80.2 Å². The van der Waals surface area contributed by atoms with Gasteiger partial charge in [0, 0.05) is 5.56 Å². The second-order valence-electron chi connectivity index (χ2n) is 2.60. The van der Waals surface area contributed by atoms with E-state index >= 15 is 0 Å². The van der Waals surface area contributed by atoms with E-state index in [9.17, 15) is 9.90 Å². The number of ether oxygens (including phenoxy) is 1. The van der Waals surface area contributed by atoms with Crippen LogP contribution in [0.15, 0.2) is 12.1 Å². The van der Waals surface area contributed by atoms with Gasteiger partial charge in [0.15, 0.2) is 0 Å². The van der Waals surface area contributed by atoms with Crippen molar-refractivity contribution in [2.24, 2.45) is 0 Å². The number of benzene rings is 1. The lowest BCUT2D eigenvalue weighted by Crippen LogP contribution is -2.05. The number of hydrogen-bond acceptors (Lipinski definition) is 4. The lowest BCUT2D eigenvalue weighted by atomic mass is 10.1. The van der Waals surface area contributed by atoms with Gasteiger partial charge in [0.2, 0.25) is 0 Å². The SMILES string of the molecule is COc1ccc(O)c(C(=O)O)c1CO. The first-order valence-corrected chi connectivity index (χ1v) is 3.84. The summed E-state index contributed by atoms with van der Waals surface area (Å²) in [6, 6.07) is 2.61.